The van der Waals surface area contributed by atoms with Crippen molar-refractivity contribution in [2.45, 2.75) is 18.9 Å². The van der Waals surface area contributed by atoms with Crippen molar-refractivity contribution in [3.8, 4) is 5.75 Å². The molecule has 5 nitrogen and oxygen atoms in total. The molecule has 3 rings (SSSR count). The second-order valence-electron chi connectivity index (χ2n) is 5.80. The number of anilines is 1. The fraction of sp³-hybridized carbons (Fsp3) is 0.562. The first-order valence-corrected chi connectivity index (χ1v) is 7.67. The van der Waals surface area contributed by atoms with Gasteiger partial charge < -0.3 is 20.3 Å². The molecule has 2 unspecified atom stereocenters. The zero-order valence-electron chi connectivity index (χ0n) is 13.3. The van der Waals surface area contributed by atoms with Crippen LogP contribution in [0.25, 0.3) is 0 Å². The highest BCUT2D eigenvalue weighted by Crippen LogP contribution is 2.30. The van der Waals surface area contributed by atoms with Crippen molar-refractivity contribution in [3.05, 3.63) is 24.3 Å². The molecule has 23 heavy (non-hydrogen) atoms. The van der Waals surface area contributed by atoms with Gasteiger partial charge in [-0.25, -0.2) is 0 Å². The summed E-state index contributed by atoms with van der Waals surface area (Å²) in [6.07, 6.45) is 1.94. The molecular formula is C16H25Cl2N3O2. The molecule has 7 heteroatoms. The topological polar surface area (TPSA) is 53.6 Å². The molecule has 0 spiro atoms. The van der Waals surface area contributed by atoms with Crippen LogP contribution in [0.5, 0.6) is 5.75 Å². The first-order chi connectivity index (χ1) is 10.3. The van der Waals surface area contributed by atoms with Crippen LogP contribution in [-0.2, 0) is 4.79 Å². The summed E-state index contributed by atoms with van der Waals surface area (Å²) in [6.45, 7) is 3.57. The molecule has 1 aromatic carbocycles. The van der Waals surface area contributed by atoms with Crippen molar-refractivity contribution in [3.63, 3.8) is 0 Å². The van der Waals surface area contributed by atoms with E-state index in [4.69, 9.17) is 4.74 Å². The number of nitrogens with one attached hydrogen (secondary N) is 2. The average Bonchev–Trinajstić information content (AvgIpc) is 3.18. The Morgan fingerprint density at radius 3 is 2.78 bits per heavy atom. The quantitative estimate of drug-likeness (QED) is 0.858. The Hall–Kier alpha value is -1.17. The summed E-state index contributed by atoms with van der Waals surface area (Å²) < 4.78 is 5.42. The van der Waals surface area contributed by atoms with Crippen molar-refractivity contribution in [2.75, 3.05) is 38.2 Å². The van der Waals surface area contributed by atoms with Gasteiger partial charge in [-0.3, -0.25) is 4.79 Å². The minimum atomic E-state index is 0. The van der Waals surface area contributed by atoms with Gasteiger partial charge in [0.15, 0.2) is 0 Å². The number of amides is 1. The maximum Gasteiger partial charge on any atom is 0.224 e. The molecule has 1 aromatic rings. The molecule has 0 aliphatic carbocycles. The highest BCUT2D eigenvalue weighted by Gasteiger charge is 2.29. The summed E-state index contributed by atoms with van der Waals surface area (Å²) in [5, 5.41) is 6.44. The van der Waals surface area contributed by atoms with Gasteiger partial charge in [0.25, 0.3) is 0 Å². The number of hydrogen-bond donors (Lipinski definition) is 2. The van der Waals surface area contributed by atoms with Crippen LogP contribution in [0.2, 0.25) is 0 Å². The van der Waals surface area contributed by atoms with Gasteiger partial charge in [0, 0.05) is 25.7 Å². The summed E-state index contributed by atoms with van der Waals surface area (Å²) in [5.74, 6) is 1.24. The lowest BCUT2D eigenvalue weighted by molar-refractivity contribution is -0.125. The standard InChI is InChI=1S/C16H23N3O2.2ClH/c1-21-15-5-3-2-4-14(15)19-9-7-13(11-19)18-16(20)12-6-8-17-10-12;;/h2-5,12-13,17H,6-11H2,1H3,(H,18,20);2*1H. The van der Waals surface area contributed by atoms with Gasteiger partial charge in [0.1, 0.15) is 5.75 Å². The van der Waals surface area contributed by atoms with E-state index < -0.39 is 0 Å². The molecule has 2 aliphatic heterocycles. The monoisotopic (exact) mass is 361 g/mol. The van der Waals surface area contributed by atoms with E-state index in [1.54, 1.807) is 7.11 Å². The van der Waals surface area contributed by atoms with Gasteiger partial charge in [0.05, 0.1) is 18.7 Å². The van der Waals surface area contributed by atoms with E-state index in [-0.39, 0.29) is 42.7 Å². The highest BCUT2D eigenvalue weighted by atomic mass is 35.5. The normalized spacial score (nSPS) is 22.9. The third-order valence-electron chi connectivity index (χ3n) is 4.39. The van der Waals surface area contributed by atoms with Gasteiger partial charge in [-0.05, 0) is 31.5 Å². The summed E-state index contributed by atoms with van der Waals surface area (Å²) in [5.41, 5.74) is 1.11. The maximum absolute atomic E-state index is 12.2. The van der Waals surface area contributed by atoms with Crippen LogP contribution in [0.4, 0.5) is 5.69 Å². The van der Waals surface area contributed by atoms with Gasteiger partial charge >= 0.3 is 0 Å². The molecule has 2 atom stereocenters. The Balaban J connectivity index is 0.00000132. The first-order valence-electron chi connectivity index (χ1n) is 7.67. The van der Waals surface area contributed by atoms with E-state index in [0.29, 0.717) is 0 Å². The third kappa shape index (κ3) is 4.66. The molecular weight excluding hydrogens is 337 g/mol. The Labute approximate surface area is 150 Å². The van der Waals surface area contributed by atoms with Crippen molar-refractivity contribution in [1.82, 2.24) is 10.6 Å². The zero-order valence-corrected chi connectivity index (χ0v) is 14.9. The van der Waals surface area contributed by atoms with Gasteiger partial charge in [-0.1, -0.05) is 12.1 Å². The number of halogens is 2. The molecule has 2 fully saturated rings. The lowest BCUT2D eigenvalue weighted by Gasteiger charge is -2.21. The molecule has 2 saturated heterocycles. The Bertz CT molecular complexity index is 510. The summed E-state index contributed by atoms with van der Waals surface area (Å²) in [7, 11) is 1.70. The second kappa shape index (κ2) is 9.21. The predicted molar refractivity (Wildman–Crippen MR) is 97.2 cm³/mol. The molecule has 2 N–H and O–H groups in total. The van der Waals surface area contributed by atoms with Crippen LogP contribution in [-0.4, -0.2) is 45.2 Å². The van der Waals surface area contributed by atoms with E-state index in [0.717, 1.165) is 50.5 Å². The summed E-state index contributed by atoms with van der Waals surface area (Å²) >= 11 is 0. The molecule has 2 aliphatic rings. The number of carbonyl (C=O) groups excluding carboxylic acids is 1. The van der Waals surface area contributed by atoms with Crippen LogP contribution in [0.3, 0.4) is 0 Å². The van der Waals surface area contributed by atoms with Gasteiger partial charge in [0.2, 0.25) is 5.91 Å². The highest BCUT2D eigenvalue weighted by molar-refractivity contribution is 5.85. The number of carbonyl (C=O) groups is 1. The third-order valence-corrected chi connectivity index (χ3v) is 4.39. The minimum Gasteiger partial charge on any atom is -0.495 e. The summed E-state index contributed by atoms with van der Waals surface area (Å²) in [4.78, 5) is 14.5. The number of para-hydroxylation sites is 2. The fourth-order valence-electron chi connectivity index (χ4n) is 3.19. The van der Waals surface area contributed by atoms with Crippen molar-refractivity contribution in [2.24, 2.45) is 5.92 Å². The number of methoxy groups -OCH3 is 1. The first kappa shape index (κ1) is 19.9. The number of benzene rings is 1. The van der Waals surface area contributed by atoms with Crippen molar-refractivity contribution >= 4 is 36.4 Å². The van der Waals surface area contributed by atoms with Crippen LogP contribution >= 0.6 is 24.8 Å². The largest absolute Gasteiger partial charge is 0.495 e. The molecule has 1 amide bonds. The Morgan fingerprint density at radius 2 is 2.09 bits per heavy atom. The summed E-state index contributed by atoms with van der Waals surface area (Å²) in [6, 6.07) is 8.29. The Kier molecular flexibility index (Phi) is 7.95. The van der Waals surface area contributed by atoms with E-state index in [2.05, 4.69) is 21.6 Å². The predicted octanol–water partition coefficient (Wildman–Crippen LogP) is 1.84. The molecule has 130 valence electrons. The van der Waals surface area contributed by atoms with Crippen LogP contribution < -0.4 is 20.3 Å². The fourth-order valence-corrected chi connectivity index (χ4v) is 3.19. The number of rotatable bonds is 4. The van der Waals surface area contributed by atoms with Crippen molar-refractivity contribution < 1.29 is 9.53 Å². The molecule has 2 heterocycles. The van der Waals surface area contributed by atoms with E-state index >= 15 is 0 Å². The maximum atomic E-state index is 12.2. The van der Waals surface area contributed by atoms with E-state index in [1.807, 2.05) is 18.2 Å². The molecule has 0 saturated carbocycles. The van der Waals surface area contributed by atoms with Crippen LogP contribution in [0, 0.1) is 5.92 Å². The van der Waals surface area contributed by atoms with Crippen molar-refractivity contribution in [1.29, 1.82) is 0 Å². The van der Waals surface area contributed by atoms with Crippen LogP contribution in [0.1, 0.15) is 12.8 Å². The second-order valence-corrected chi connectivity index (χ2v) is 5.80. The molecule has 0 radical (unpaired) electrons. The smallest absolute Gasteiger partial charge is 0.224 e. The average molecular weight is 362 g/mol. The number of hydrogen-bond acceptors (Lipinski definition) is 4. The SMILES string of the molecule is COc1ccccc1N1CCC(NC(=O)C2CCNC2)C1.Cl.Cl. The van der Waals surface area contributed by atoms with E-state index in [1.165, 1.54) is 0 Å². The minimum absolute atomic E-state index is 0. The Morgan fingerprint density at radius 1 is 1.30 bits per heavy atom. The lowest BCUT2D eigenvalue weighted by Crippen LogP contribution is -2.41. The van der Waals surface area contributed by atoms with Gasteiger partial charge in [-0.2, -0.15) is 0 Å². The number of nitrogens with zero attached hydrogens (tertiary/aromatic N) is 1. The molecule has 0 aromatic heterocycles. The number of ether oxygens (including phenoxy) is 1. The van der Waals surface area contributed by atoms with Gasteiger partial charge in [-0.15, -0.1) is 24.8 Å². The molecule has 0 bridgehead atoms. The van der Waals surface area contributed by atoms with E-state index in [9.17, 15) is 4.79 Å². The lowest BCUT2D eigenvalue weighted by atomic mass is 10.1. The zero-order chi connectivity index (χ0) is 14.7. The van der Waals surface area contributed by atoms with Crippen LogP contribution in [0.15, 0.2) is 24.3 Å².